The van der Waals surface area contributed by atoms with Gasteiger partial charge in [-0.1, -0.05) is 30.3 Å². The van der Waals surface area contributed by atoms with E-state index in [1.165, 1.54) is 12.1 Å². The summed E-state index contributed by atoms with van der Waals surface area (Å²) in [5.74, 6) is -1.22. The molecule has 0 aliphatic rings. The van der Waals surface area contributed by atoms with Gasteiger partial charge in [0.05, 0.1) is 0 Å². The maximum Gasteiger partial charge on any atom is 0.433 e. The molecule has 2 rings (SSSR count). The van der Waals surface area contributed by atoms with Gasteiger partial charge < -0.3 is 10.4 Å². The number of hydrogen-bond donors (Lipinski definition) is 2. The molecule has 2 aromatic rings. The lowest BCUT2D eigenvalue weighted by molar-refractivity contribution is -0.141. The van der Waals surface area contributed by atoms with Crippen LogP contribution in [0.2, 0.25) is 0 Å². The Morgan fingerprint density at radius 2 is 1.87 bits per heavy atom. The van der Waals surface area contributed by atoms with Crippen LogP contribution < -0.4 is 5.32 Å². The van der Waals surface area contributed by atoms with Gasteiger partial charge in [0.25, 0.3) is 0 Å². The first-order valence-corrected chi connectivity index (χ1v) is 6.63. The molecule has 0 saturated carbocycles. The molecule has 0 aliphatic heterocycles. The maximum absolute atomic E-state index is 12.8. The molecule has 0 bridgehead atoms. The highest BCUT2D eigenvalue weighted by Gasteiger charge is 2.32. The summed E-state index contributed by atoms with van der Waals surface area (Å²) < 4.78 is 38.3. The van der Waals surface area contributed by atoms with Crippen LogP contribution in [-0.2, 0) is 17.5 Å². The predicted molar refractivity (Wildman–Crippen MR) is 79.7 cm³/mol. The summed E-state index contributed by atoms with van der Waals surface area (Å²) in [4.78, 5) is 14.1. The molecule has 23 heavy (non-hydrogen) atoms. The zero-order valence-corrected chi connectivity index (χ0v) is 11.8. The molecule has 7 heteroatoms. The van der Waals surface area contributed by atoms with Gasteiger partial charge >= 0.3 is 12.1 Å². The number of hydrogen-bond acceptors (Lipinski definition) is 3. The van der Waals surface area contributed by atoms with Gasteiger partial charge in [0, 0.05) is 18.2 Å². The Balaban J connectivity index is 2.30. The largest absolute Gasteiger partial charge is 0.478 e. The number of rotatable bonds is 5. The molecule has 0 spiro atoms. The van der Waals surface area contributed by atoms with Gasteiger partial charge in [0.1, 0.15) is 11.5 Å². The number of alkyl halides is 3. The Hall–Kier alpha value is -2.83. The van der Waals surface area contributed by atoms with E-state index in [-0.39, 0.29) is 17.9 Å². The molecule has 1 heterocycles. The number of pyridine rings is 1. The summed E-state index contributed by atoms with van der Waals surface area (Å²) >= 11 is 0. The van der Waals surface area contributed by atoms with E-state index in [4.69, 9.17) is 5.11 Å². The zero-order valence-electron chi connectivity index (χ0n) is 11.8. The molecule has 120 valence electrons. The SMILES string of the molecule is O=C(O)C=Cc1ccc(C(F)(F)F)nc1NCc1ccccc1. The zero-order chi connectivity index (χ0) is 16.9. The molecule has 0 unspecified atom stereocenters. The first-order valence-electron chi connectivity index (χ1n) is 6.63. The minimum absolute atomic E-state index is 0.0267. The fraction of sp³-hybridized carbons (Fsp3) is 0.125. The number of anilines is 1. The number of aliphatic carboxylic acids is 1. The molecule has 0 amide bonds. The van der Waals surface area contributed by atoms with E-state index in [2.05, 4.69) is 10.3 Å². The van der Waals surface area contributed by atoms with Crippen LogP contribution in [-0.4, -0.2) is 16.1 Å². The first-order chi connectivity index (χ1) is 10.9. The number of halogens is 3. The standard InChI is InChI=1S/C16H13F3N2O2/c17-16(18,19)13-8-6-12(7-9-14(22)23)15(21-13)20-10-11-4-2-1-3-5-11/h1-9H,10H2,(H,20,21)(H,22,23). The quantitative estimate of drug-likeness (QED) is 0.822. The monoisotopic (exact) mass is 322 g/mol. The average Bonchev–Trinajstić information content (AvgIpc) is 2.51. The van der Waals surface area contributed by atoms with Gasteiger partial charge in [-0.3, -0.25) is 0 Å². The molecule has 0 fully saturated rings. The highest BCUT2D eigenvalue weighted by atomic mass is 19.4. The van der Waals surface area contributed by atoms with Gasteiger partial charge in [-0.25, -0.2) is 9.78 Å². The second-order valence-corrected chi connectivity index (χ2v) is 4.64. The molecule has 0 aliphatic carbocycles. The van der Waals surface area contributed by atoms with E-state index in [0.29, 0.717) is 0 Å². The highest BCUT2D eigenvalue weighted by Crippen LogP contribution is 2.30. The van der Waals surface area contributed by atoms with Crippen LogP contribution >= 0.6 is 0 Å². The first kappa shape index (κ1) is 16.5. The Morgan fingerprint density at radius 3 is 2.48 bits per heavy atom. The number of nitrogens with one attached hydrogen (secondary N) is 1. The highest BCUT2D eigenvalue weighted by molar-refractivity contribution is 5.86. The Bertz CT molecular complexity index is 713. The molecule has 0 atom stereocenters. The molecular weight excluding hydrogens is 309 g/mol. The van der Waals surface area contributed by atoms with Crippen molar-refractivity contribution in [2.75, 3.05) is 5.32 Å². The van der Waals surface area contributed by atoms with E-state index in [1.807, 2.05) is 30.3 Å². The number of aromatic nitrogens is 1. The van der Waals surface area contributed by atoms with Crippen molar-refractivity contribution in [1.29, 1.82) is 0 Å². The van der Waals surface area contributed by atoms with Crippen molar-refractivity contribution in [2.45, 2.75) is 12.7 Å². The normalized spacial score (nSPS) is 11.6. The third-order valence-electron chi connectivity index (χ3n) is 2.93. The molecule has 0 radical (unpaired) electrons. The fourth-order valence-corrected chi connectivity index (χ4v) is 1.85. The molecule has 4 nitrogen and oxygen atoms in total. The van der Waals surface area contributed by atoms with Gasteiger partial charge in [-0.15, -0.1) is 0 Å². The van der Waals surface area contributed by atoms with E-state index in [9.17, 15) is 18.0 Å². The average molecular weight is 322 g/mol. The van der Waals surface area contributed by atoms with Crippen LogP contribution in [0.3, 0.4) is 0 Å². The second-order valence-electron chi connectivity index (χ2n) is 4.64. The third-order valence-corrected chi connectivity index (χ3v) is 2.93. The number of carboxylic acids is 1. The van der Waals surface area contributed by atoms with E-state index in [1.54, 1.807) is 0 Å². The Kier molecular flexibility index (Phi) is 5.00. The van der Waals surface area contributed by atoms with Crippen molar-refractivity contribution in [2.24, 2.45) is 0 Å². The number of carboxylic acid groups (broad SMARTS) is 1. The molecule has 2 N–H and O–H groups in total. The summed E-state index contributed by atoms with van der Waals surface area (Å²) in [7, 11) is 0. The summed E-state index contributed by atoms with van der Waals surface area (Å²) in [6, 6.07) is 11.1. The smallest absolute Gasteiger partial charge is 0.433 e. The minimum atomic E-state index is -4.57. The van der Waals surface area contributed by atoms with E-state index >= 15 is 0 Å². The van der Waals surface area contributed by atoms with E-state index in [0.717, 1.165) is 17.7 Å². The number of benzene rings is 1. The lowest BCUT2D eigenvalue weighted by atomic mass is 10.2. The minimum Gasteiger partial charge on any atom is -0.478 e. The van der Waals surface area contributed by atoms with Crippen molar-refractivity contribution < 1.29 is 23.1 Å². The Labute approximate surface area is 130 Å². The second kappa shape index (κ2) is 6.95. The fourth-order valence-electron chi connectivity index (χ4n) is 1.85. The van der Waals surface area contributed by atoms with Gasteiger partial charge in [0.2, 0.25) is 0 Å². The topological polar surface area (TPSA) is 62.2 Å². The maximum atomic E-state index is 12.8. The van der Waals surface area contributed by atoms with Crippen molar-refractivity contribution in [3.05, 3.63) is 65.4 Å². The van der Waals surface area contributed by atoms with Crippen LogP contribution in [0.5, 0.6) is 0 Å². The predicted octanol–water partition coefficient (Wildman–Crippen LogP) is 3.81. The van der Waals surface area contributed by atoms with Crippen LogP contribution in [0.1, 0.15) is 16.8 Å². The number of carbonyl (C=O) groups is 1. The summed E-state index contributed by atoms with van der Waals surface area (Å²) in [5, 5.41) is 11.5. The summed E-state index contributed by atoms with van der Waals surface area (Å²) in [6.07, 6.45) is -2.53. The molecule has 1 aromatic carbocycles. The summed E-state index contributed by atoms with van der Waals surface area (Å²) in [5.41, 5.74) is 0.0803. The molecule has 1 aromatic heterocycles. The Morgan fingerprint density at radius 1 is 1.17 bits per heavy atom. The molecular formula is C16H13F3N2O2. The van der Waals surface area contributed by atoms with Crippen LogP contribution in [0.4, 0.5) is 19.0 Å². The van der Waals surface area contributed by atoms with Crippen molar-refractivity contribution in [3.8, 4) is 0 Å². The number of nitrogens with zero attached hydrogens (tertiary/aromatic N) is 1. The lowest BCUT2D eigenvalue weighted by Crippen LogP contribution is -2.11. The van der Waals surface area contributed by atoms with Crippen LogP contribution in [0.25, 0.3) is 6.08 Å². The molecule has 0 saturated heterocycles. The van der Waals surface area contributed by atoms with Crippen molar-refractivity contribution in [1.82, 2.24) is 4.98 Å². The third kappa shape index (κ3) is 4.84. The lowest BCUT2D eigenvalue weighted by Gasteiger charge is -2.12. The summed E-state index contributed by atoms with van der Waals surface area (Å²) in [6.45, 7) is 0.267. The van der Waals surface area contributed by atoms with Crippen LogP contribution in [0.15, 0.2) is 48.5 Å². The van der Waals surface area contributed by atoms with Gasteiger partial charge in [-0.05, 0) is 23.8 Å². The van der Waals surface area contributed by atoms with Gasteiger partial charge in [0.15, 0.2) is 0 Å². The van der Waals surface area contributed by atoms with Crippen LogP contribution in [0, 0.1) is 0 Å². The van der Waals surface area contributed by atoms with Crippen molar-refractivity contribution >= 4 is 17.9 Å². The van der Waals surface area contributed by atoms with Crippen molar-refractivity contribution in [3.63, 3.8) is 0 Å². The van der Waals surface area contributed by atoms with E-state index < -0.39 is 17.8 Å². The van der Waals surface area contributed by atoms with Gasteiger partial charge in [-0.2, -0.15) is 13.2 Å².